The van der Waals surface area contributed by atoms with Gasteiger partial charge in [0.25, 0.3) is 0 Å². The van der Waals surface area contributed by atoms with Gasteiger partial charge >= 0.3 is 0 Å². The van der Waals surface area contributed by atoms with Gasteiger partial charge in [-0.2, -0.15) is 0 Å². The van der Waals surface area contributed by atoms with Gasteiger partial charge in [0, 0.05) is 34.1 Å². The van der Waals surface area contributed by atoms with Crippen LogP contribution in [0, 0.1) is 27.7 Å². The van der Waals surface area contributed by atoms with E-state index in [9.17, 15) is 0 Å². The largest absolute Gasteiger partial charge is 0.310 e. The number of hydrogen-bond donors (Lipinski definition) is 0. The molecule has 2 heteroatoms. The molecule has 2 aliphatic carbocycles. The highest BCUT2D eigenvalue weighted by atomic mass is 15.2. The Kier molecular flexibility index (Phi) is 11.6. The van der Waals surface area contributed by atoms with Gasteiger partial charge in [0.15, 0.2) is 0 Å². The second kappa shape index (κ2) is 19.4. The summed E-state index contributed by atoms with van der Waals surface area (Å²) in [6.07, 6.45) is 0. The average molecular weight is 1050 g/mol. The van der Waals surface area contributed by atoms with Crippen molar-refractivity contribution in [3.8, 4) is 22.3 Å². The molecule has 390 valence electrons. The Morgan fingerprint density at radius 2 is 0.476 bits per heavy atom. The molecule has 0 fully saturated rings. The van der Waals surface area contributed by atoms with Crippen LogP contribution < -0.4 is 9.80 Å². The van der Waals surface area contributed by atoms with Crippen LogP contribution in [-0.2, 0) is 10.8 Å². The molecule has 0 heterocycles. The highest BCUT2D eigenvalue weighted by Gasteiger charge is 2.51. The molecule has 0 N–H and O–H groups in total. The third-order valence-electron chi connectivity index (χ3n) is 18.0. The number of nitrogens with zero attached hydrogens (tertiary/aromatic N) is 2. The van der Waals surface area contributed by atoms with Crippen molar-refractivity contribution in [1.82, 2.24) is 0 Å². The minimum absolute atomic E-state index is 0.663. The molecule has 13 aromatic carbocycles. The second-order valence-corrected chi connectivity index (χ2v) is 22.6. The fraction of sp³-hybridized carbons (Fsp3) is 0.0750. The fourth-order valence-corrected chi connectivity index (χ4v) is 14.3. The van der Waals surface area contributed by atoms with Crippen LogP contribution >= 0.6 is 0 Å². The lowest BCUT2D eigenvalue weighted by Gasteiger charge is -2.35. The Hall–Kier alpha value is -10.0. The monoisotopic (exact) mass is 1050 g/mol. The summed E-state index contributed by atoms with van der Waals surface area (Å²) in [5, 5.41) is 4.80. The van der Waals surface area contributed by atoms with Crippen LogP contribution in [0.2, 0.25) is 0 Å². The van der Waals surface area contributed by atoms with Crippen molar-refractivity contribution in [1.29, 1.82) is 0 Å². The second-order valence-electron chi connectivity index (χ2n) is 22.6. The van der Waals surface area contributed by atoms with Crippen LogP contribution in [0.1, 0.15) is 66.8 Å². The number of para-hydroxylation sites is 4. The third kappa shape index (κ3) is 7.41. The summed E-state index contributed by atoms with van der Waals surface area (Å²) in [6.45, 7) is 8.86. The Morgan fingerprint density at radius 1 is 0.220 bits per heavy atom. The van der Waals surface area contributed by atoms with Crippen molar-refractivity contribution in [2.24, 2.45) is 0 Å². The molecule has 0 amide bonds. The maximum atomic E-state index is 2.61. The Labute approximate surface area is 481 Å². The van der Waals surface area contributed by atoms with Gasteiger partial charge in [-0.1, -0.05) is 206 Å². The predicted octanol–water partition coefficient (Wildman–Crippen LogP) is 20.9. The lowest BCUT2D eigenvalue weighted by molar-refractivity contribution is 0.760. The molecule has 0 aromatic heterocycles. The molecule has 0 saturated heterocycles. The van der Waals surface area contributed by atoms with Gasteiger partial charge in [0.05, 0.1) is 10.8 Å². The maximum Gasteiger partial charge on any atom is 0.0714 e. The van der Waals surface area contributed by atoms with Gasteiger partial charge in [-0.3, -0.25) is 0 Å². The minimum Gasteiger partial charge on any atom is -0.310 e. The lowest BCUT2D eigenvalue weighted by Crippen LogP contribution is -2.30. The van der Waals surface area contributed by atoms with E-state index in [0.717, 1.165) is 11.4 Å². The van der Waals surface area contributed by atoms with Gasteiger partial charge in [0.2, 0.25) is 0 Å². The first-order valence-electron chi connectivity index (χ1n) is 28.7. The van der Waals surface area contributed by atoms with E-state index in [1.54, 1.807) is 0 Å². The van der Waals surface area contributed by atoms with Gasteiger partial charge in [-0.15, -0.1) is 0 Å². The van der Waals surface area contributed by atoms with E-state index in [4.69, 9.17) is 0 Å². The van der Waals surface area contributed by atoms with Gasteiger partial charge in [0.1, 0.15) is 0 Å². The molecule has 15 rings (SSSR count). The molecule has 0 saturated carbocycles. The highest BCUT2D eigenvalue weighted by Crippen LogP contribution is 2.63. The van der Waals surface area contributed by atoms with Crippen molar-refractivity contribution in [3.63, 3.8) is 0 Å². The maximum absolute atomic E-state index is 2.61. The molecule has 0 unspecified atom stereocenters. The number of hydrogen-bond acceptors (Lipinski definition) is 2. The minimum atomic E-state index is -0.663. The van der Waals surface area contributed by atoms with Crippen LogP contribution in [0.4, 0.5) is 34.1 Å². The van der Waals surface area contributed by atoms with Crippen LogP contribution in [-0.4, -0.2) is 0 Å². The smallest absolute Gasteiger partial charge is 0.0714 e. The Morgan fingerprint density at radius 3 is 0.768 bits per heavy atom. The van der Waals surface area contributed by atoms with Crippen molar-refractivity contribution in [2.75, 3.05) is 9.80 Å². The van der Waals surface area contributed by atoms with Crippen molar-refractivity contribution < 1.29 is 0 Å². The van der Waals surface area contributed by atoms with E-state index < -0.39 is 10.8 Å². The first-order valence-corrected chi connectivity index (χ1v) is 28.7. The Balaban J connectivity index is 1.02. The van der Waals surface area contributed by atoms with E-state index in [1.165, 1.54) is 133 Å². The molecule has 13 aromatic rings. The van der Waals surface area contributed by atoms with E-state index in [0.29, 0.717) is 0 Å². The molecule has 2 nitrogen and oxygen atoms in total. The summed E-state index contributed by atoms with van der Waals surface area (Å²) < 4.78 is 0. The fourth-order valence-electron chi connectivity index (χ4n) is 14.3. The molecular weight excluding hydrogens is 989 g/mol. The zero-order valence-electron chi connectivity index (χ0n) is 46.6. The van der Waals surface area contributed by atoms with E-state index in [-0.39, 0.29) is 0 Å². The number of rotatable bonds is 10. The summed E-state index contributed by atoms with van der Waals surface area (Å²) in [7, 11) is 0. The molecule has 0 bridgehead atoms. The van der Waals surface area contributed by atoms with Crippen LogP contribution in [0.5, 0.6) is 0 Å². The van der Waals surface area contributed by atoms with E-state index in [2.05, 4.69) is 329 Å². The van der Waals surface area contributed by atoms with Gasteiger partial charge < -0.3 is 9.80 Å². The third-order valence-corrected chi connectivity index (χ3v) is 18.0. The summed E-state index contributed by atoms with van der Waals surface area (Å²) >= 11 is 0. The van der Waals surface area contributed by atoms with Crippen molar-refractivity contribution in [3.05, 3.63) is 358 Å². The SMILES string of the molecule is Cc1ccccc1N(c1ccc2cc3c(cc2c1)C(c1ccccc1)(c1ccccc1)c1cc2c(cc1-3)C(c1ccccc1)(c1ccccc1)c1cc3cc(N(c4ccccc4C)c4ccccc4C)ccc3cc1-2)c1ccccc1C. The quantitative estimate of drug-likeness (QED) is 0.135. The average Bonchev–Trinajstić information content (AvgIpc) is 2.85. The lowest BCUT2D eigenvalue weighted by atomic mass is 9.66. The van der Waals surface area contributed by atoms with Gasteiger partial charge in [-0.05, 0) is 223 Å². The number of aryl methyl sites for hydroxylation is 4. The van der Waals surface area contributed by atoms with E-state index >= 15 is 0 Å². The normalized spacial score (nSPS) is 13.3. The first-order chi connectivity index (χ1) is 40.3. The Bertz CT molecular complexity index is 4150. The van der Waals surface area contributed by atoms with E-state index in [1.807, 2.05) is 0 Å². The predicted molar refractivity (Wildman–Crippen MR) is 344 cm³/mol. The standard InChI is InChI=1S/C80H60N2/c1-53-25-17-21-37-75(53)81(76-38-22-18-26-54(76)2)65-43-41-57-47-67-69-51-74-70(52-73(69)79(61-29-9-5-10-30-61,62-31-11-6-12-32-62)71(67)49-59(57)45-65)68-48-58-42-44-66(82(77-39-23-19-27-55(77)3)78-40-24-20-28-56(78)4)46-60(58)50-72(68)80(74,63-33-13-7-14-34-63)64-35-15-8-16-36-64/h5-52H,1-4H3. The molecule has 2 aliphatic rings. The molecule has 0 spiro atoms. The van der Waals surface area contributed by atoms with Gasteiger partial charge in [-0.25, -0.2) is 0 Å². The molecule has 0 atom stereocenters. The first kappa shape index (κ1) is 49.1. The summed E-state index contributed by atoms with van der Waals surface area (Å²) in [4.78, 5) is 4.88. The molecule has 0 radical (unpaired) electrons. The molecule has 82 heavy (non-hydrogen) atoms. The number of fused-ring (bicyclic) bond motifs is 8. The highest BCUT2D eigenvalue weighted by molar-refractivity contribution is 6.03. The van der Waals surface area contributed by atoms with Crippen LogP contribution in [0.25, 0.3) is 43.8 Å². The van der Waals surface area contributed by atoms with Crippen molar-refractivity contribution in [2.45, 2.75) is 38.5 Å². The van der Waals surface area contributed by atoms with Crippen molar-refractivity contribution >= 4 is 55.7 Å². The molecule has 0 aliphatic heterocycles. The number of anilines is 6. The summed E-state index contributed by atoms with van der Waals surface area (Å²) in [5.74, 6) is 0. The topological polar surface area (TPSA) is 6.48 Å². The zero-order chi connectivity index (χ0) is 55.1. The molecular formula is C80H60N2. The number of benzene rings is 13. The van der Waals surface area contributed by atoms with Crippen LogP contribution in [0.15, 0.2) is 291 Å². The zero-order valence-corrected chi connectivity index (χ0v) is 46.6. The van der Waals surface area contributed by atoms with Crippen LogP contribution in [0.3, 0.4) is 0 Å². The summed E-state index contributed by atoms with van der Waals surface area (Å²) in [6, 6.07) is 110. The summed E-state index contributed by atoms with van der Waals surface area (Å²) in [5.41, 5.74) is 25.7.